The van der Waals surface area contributed by atoms with E-state index >= 15 is 0 Å². The van der Waals surface area contributed by atoms with Crippen LogP contribution in [0.25, 0.3) is 0 Å². The van der Waals surface area contributed by atoms with Crippen LogP contribution in [-0.2, 0) is 21.2 Å². The van der Waals surface area contributed by atoms with E-state index in [4.69, 9.17) is 4.74 Å². The number of methoxy groups -OCH3 is 1. The van der Waals surface area contributed by atoms with Crippen LogP contribution in [0.1, 0.15) is 12.5 Å². The van der Waals surface area contributed by atoms with Crippen molar-refractivity contribution in [2.45, 2.75) is 18.6 Å². The summed E-state index contributed by atoms with van der Waals surface area (Å²) < 4.78 is 32.0. The second kappa shape index (κ2) is 7.23. The van der Waals surface area contributed by atoms with E-state index in [0.29, 0.717) is 13.0 Å². The van der Waals surface area contributed by atoms with Gasteiger partial charge in [-0.05, 0) is 25.0 Å². The largest absolute Gasteiger partial charge is 0.383 e. The van der Waals surface area contributed by atoms with Crippen LogP contribution in [0.2, 0.25) is 0 Å². The van der Waals surface area contributed by atoms with E-state index in [1.807, 2.05) is 24.3 Å². The number of ether oxygens (including phenoxy) is 1. The van der Waals surface area contributed by atoms with Gasteiger partial charge in [0.25, 0.3) is 0 Å². The topological polar surface area (TPSA) is 55.4 Å². The standard InChI is InChI=1S/C12H18BrNO3S/c1-10(9-17-2)18(15,16)14-8-7-11-5-3-4-6-12(11)13/h3-6,10,14H,7-9H2,1-2H3/t10-/m1/s1. The number of halogens is 1. The lowest BCUT2D eigenvalue weighted by molar-refractivity contribution is 0.200. The van der Waals surface area contributed by atoms with Gasteiger partial charge in [0.05, 0.1) is 11.9 Å². The zero-order chi connectivity index (χ0) is 13.6. The highest BCUT2D eigenvalue weighted by Gasteiger charge is 2.19. The Balaban J connectivity index is 2.49. The Morgan fingerprint density at radius 2 is 2.06 bits per heavy atom. The van der Waals surface area contributed by atoms with Crippen molar-refractivity contribution in [1.29, 1.82) is 0 Å². The minimum atomic E-state index is -3.30. The molecule has 0 saturated heterocycles. The highest BCUT2D eigenvalue weighted by Crippen LogP contribution is 2.15. The van der Waals surface area contributed by atoms with Gasteiger partial charge in [-0.3, -0.25) is 0 Å². The van der Waals surface area contributed by atoms with E-state index in [0.717, 1.165) is 10.0 Å². The van der Waals surface area contributed by atoms with Crippen molar-refractivity contribution < 1.29 is 13.2 Å². The quantitative estimate of drug-likeness (QED) is 0.828. The van der Waals surface area contributed by atoms with Crippen LogP contribution in [0.3, 0.4) is 0 Å². The molecule has 0 heterocycles. The molecule has 0 aliphatic carbocycles. The molecule has 0 fully saturated rings. The lowest BCUT2D eigenvalue weighted by atomic mass is 10.2. The summed E-state index contributed by atoms with van der Waals surface area (Å²) in [5.41, 5.74) is 1.08. The molecule has 0 aromatic heterocycles. The molecule has 0 unspecified atom stereocenters. The molecule has 1 atom stereocenters. The Bertz CT molecular complexity index is 476. The van der Waals surface area contributed by atoms with Crippen LogP contribution in [-0.4, -0.2) is 33.9 Å². The molecule has 0 aliphatic heterocycles. The van der Waals surface area contributed by atoms with E-state index in [1.54, 1.807) is 6.92 Å². The molecule has 0 bridgehead atoms. The summed E-state index contributed by atoms with van der Waals surface area (Å²) in [7, 11) is -1.80. The molecule has 0 spiro atoms. The van der Waals surface area contributed by atoms with Crippen molar-refractivity contribution in [1.82, 2.24) is 4.72 Å². The highest BCUT2D eigenvalue weighted by atomic mass is 79.9. The molecule has 18 heavy (non-hydrogen) atoms. The minimum absolute atomic E-state index is 0.199. The third-order valence-electron chi connectivity index (χ3n) is 2.59. The lowest BCUT2D eigenvalue weighted by Crippen LogP contribution is -2.36. The molecular weight excluding hydrogens is 318 g/mol. The van der Waals surface area contributed by atoms with Gasteiger partial charge in [-0.15, -0.1) is 0 Å². The van der Waals surface area contributed by atoms with E-state index in [2.05, 4.69) is 20.7 Å². The first-order valence-electron chi connectivity index (χ1n) is 5.68. The molecular formula is C12H18BrNO3S. The average Bonchev–Trinajstić information content (AvgIpc) is 2.32. The van der Waals surface area contributed by atoms with Crippen LogP contribution < -0.4 is 4.72 Å². The molecule has 1 N–H and O–H groups in total. The fourth-order valence-electron chi connectivity index (χ4n) is 1.50. The van der Waals surface area contributed by atoms with Gasteiger partial charge in [0, 0.05) is 18.1 Å². The molecule has 102 valence electrons. The smallest absolute Gasteiger partial charge is 0.216 e. The van der Waals surface area contributed by atoms with Crippen molar-refractivity contribution >= 4 is 26.0 Å². The third-order valence-corrected chi connectivity index (χ3v) is 5.16. The summed E-state index contributed by atoms with van der Waals surface area (Å²) in [6.07, 6.45) is 0.653. The van der Waals surface area contributed by atoms with Gasteiger partial charge in [0.2, 0.25) is 10.0 Å². The number of rotatable bonds is 7. The van der Waals surface area contributed by atoms with Crippen molar-refractivity contribution in [2.24, 2.45) is 0 Å². The predicted molar refractivity (Wildman–Crippen MR) is 76.1 cm³/mol. The van der Waals surface area contributed by atoms with Crippen molar-refractivity contribution in [3.8, 4) is 0 Å². The Morgan fingerprint density at radius 3 is 2.67 bits per heavy atom. The van der Waals surface area contributed by atoms with Gasteiger partial charge in [-0.2, -0.15) is 0 Å². The monoisotopic (exact) mass is 335 g/mol. The van der Waals surface area contributed by atoms with Gasteiger partial charge in [0.15, 0.2) is 0 Å². The zero-order valence-electron chi connectivity index (χ0n) is 10.5. The first-order valence-corrected chi connectivity index (χ1v) is 8.02. The summed E-state index contributed by atoms with van der Waals surface area (Å²) in [5, 5.41) is -0.540. The maximum Gasteiger partial charge on any atom is 0.216 e. The van der Waals surface area contributed by atoms with Gasteiger partial charge >= 0.3 is 0 Å². The fourth-order valence-corrected chi connectivity index (χ4v) is 2.97. The number of hydrogen-bond acceptors (Lipinski definition) is 3. The minimum Gasteiger partial charge on any atom is -0.383 e. The van der Waals surface area contributed by atoms with Crippen LogP contribution in [0, 0.1) is 0 Å². The van der Waals surface area contributed by atoms with Gasteiger partial charge in [-0.1, -0.05) is 34.1 Å². The van der Waals surface area contributed by atoms with E-state index < -0.39 is 15.3 Å². The van der Waals surface area contributed by atoms with E-state index in [9.17, 15) is 8.42 Å². The first-order chi connectivity index (χ1) is 8.47. The van der Waals surface area contributed by atoms with Crippen LogP contribution in [0.4, 0.5) is 0 Å². The SMILES string of the molecule is COC[C@@H](C)S(=O)(=O)NCCc1ccccc1Br. The van der Waals surface area contributed by atoms with Crippen molar-refractivity contribution in [3.63, 3.8) is 0 Å². The summed E-state index contributed by atoms with van der Waals surface area (Å²) in [6, 6.07) is 7.77. The third kappa shape index (κ3) is 4.68. The highest BCUT2D eigenvalue weighted by molar-refractivity contribution is 9.10. The number of nitrogens with one attached hydrogen (secondary N) is 1. The van der Waals surface area contributed by atoms with E-state index in [-0.39, 0.29) is 6.61 Å². The molecule has 4 nitrogen and oxygen atoms in total. The summed E-state index contributed by atoms with van der Waals surface area (Å²) in [5.74, 6) is 0. The van der Waals surface area contributed by atoms with Gasteiger partial charge in [0.1, 0.15) is 0 Å². The van der Waals surface area contributed by atoms with Crippen molar-refractivity contribution in [3.05, 3.63) is 34.3 Å². The van der Waals surface area contributed by atoms with Gasteiger partial charge < -0.3 is 4.74 Å². The van der Waals surface area contributed by atoms with E-state index in [1.165, 1.54) is 7.11 Å². The maximum atomic E-state index is 11.8. The second-order valence-corrected chi connectivity index (χ2v) is 7.08. The molecule has 0 saturated carbocycles. The summed E-state index contributed by atoms with van der Waals surface area (Å²) >= 11 is 3.43. The number of hydrogen-bond donors (Lipinski definition) is 1. The molecule has 1 aromatic rings. The fraction of sp³-hybridized carbons (Fsp3) is 0.500. The number of sulfonamides is 1. The van der Waals surface area contributed by atoms with Gasteiger partial charge in [-0.25, -0.2) is 13.1 Å². The Labute approximate surface area is 117 Å². The molecule has 6 heteroatoms. The molecule has 0 radical (unpaired) electrons. The van der Waals surface area contributed by atoms with Crippen molar-refractivity contribution in [2.75, 3.05) is 20.3 Å². The first kappa shape index (κ1) is 15.6. The predicted octanol–water partition coefficient (Wildman–Crippen LogP) is 1.95. The Hall–Kier alpha value is -0.430. The van der Waals surface area contributed by atoms with Crippen LogP contribution >= 0.6 is 15.9 Å². The normalized spacial score (nSPS) is 13.5. The maximum absolute atomic E-state index is 11.8. The average molecular weight is 336 g/mol. The zero-order valence-corrected chi connectivity index (χ0v) is 12.9. The summed E-state index contributed by atoms with van der Waals surface area (Å²) in [4.78, 5) is 0. The van der Waals surface area contributed by atoms with Crippen LogP contribution in [0.5, 0.6) is 0 Å². The Morgan fingerprint density at radius 1 is 1.39 bits per heavy atom. The lowest BCUT2D eigenvalue weighted by Gasteiger charge is -2.13. The number of benzene rings is 1. The molecule has 0 aliphatic rings. The molecule has 0 amide bonds. The summed E-state index contributed by atoms with van der Waals surface area (Å²) in [6.45, 7) is 2.22. The molecule has 1 aromatic carbocycles. The second-order valence-electron chi connectivity index (χ2n) is 4.05. The van der Waals surface area contributed by atoms with Crippen LogP contribution in [0.15, 0.2) is 28.7 Å². The Kier molecular flexibility index (Phi) is 6.28. The molecule has 1 rings (SSSR count).